The third kappa shape index (κ3) is 3.49. The summed E-state index contributed by atoms with van der Waals surface area (Å²) in [7, 11) is 2.67. The Morgan fingerprint density at radius 3 is 1.86 bits per heavy atom. The molecule has 0 aliphatic rings. The lowest BCUT2D eigenvalue weighted by atomic mass is 10.0. The van der Waals surface area contributed by atoms with E-state index in [1.54, 1.807) is 0 Å². The van der Waals surface area contributed by atoms with Crippen molar-refractivity contribution in [2.45, 2.75) is 24.4 Å². The molecule has 4 N–H and O–H groups in total. The van der Waals surface area contributed by atoms with Gasteiger partial charge in [-0.3, -0.25) is 0 Å². The fraction of sp³-hybridized carbons (Fsp3) is 1.00. The second kappa shape index (κ2) is 7.10. The van der Waals surface area contributed by atoms with Gasteiger partial charge in [0.15, 0.2) is 0 Å². The highest BCUT2D eigenvalue weighted by atomic mass is 16.5. The molecule has 0 spiro atoms. The summed E-state index contributed by atoms with van der Waals surface area (Å²) in [6.07, 6.45) is -4.24. The van der Waals surface area contributed by atoms with Crippen LogP contribution in [0, 0.1) is 0 Å². The van der Waals surface area contributed by atoms with E-state index in [0.717, 1.165) is 0 Å². The van der Waals surface area contributed by atoms with Crippen molar-refractivity contribution >= 4 is 0 Å². The highest BCUT2D eigenvalue weighted by Gasteiger charge is 2.32. The summed E-state index contributed by atoms with van der Waals surface area (Å²) in [5, 5.41) is 36.1. The molecule has 0 aromatic carbocycles. The summed E-state index contributed by atoms with van der Waals surface area (Å²) in [6.45, 7) is -0.924. The molecule has 0 fully saturated rings. The summed E-state index contributed by atoms with van der Waals surface area (Å²) < 4.78 is 9.71. The SMILES string of the molecule is CO[C@@H]([C@H](O)[C@H](O)CO)[C@H](CO)OC. The zero-order valence-corrected chi connectivity index (χ0v) is 8.33. The molecule has 0 aromatic rings. The van der Waals surface area contributed by atoms with Crippen molar-refractivity contribution in [2.75, 3.05) is 27.4 Å². The Kier molecular flexibility index (Phi) is 6.98. The van der Waals surface area contributed by atoms with Crippen LogP contribution in [0.25, 0.3) is 0 Å². The van der Waals surface area contributed by atoms with E-state index >= 15 is 0 Å². The van der Waals surface area contributed by atoms with Gasteiger partial charge in [0.1, 0.15) is 24.4 Å². The van der Waals surface area contributed by atoms with Crippen molar-refractivity contribution in [3.8, 4) is 0 Å². The third-order valence-electron chi connectivity index (χ3n) is 2.04. The van der Waals surface area contributed by atoms with Crippen molar-refractivity contribution in [1.82, 2.24) is 0 Å². The van der Waals surface area contributed by atoms with Crippen molar-refractivity contribution in [2.24, 2.45) is 0 Å². The lowest BCUT2D eigenvalue weighted by Gasteiger charge is -2.29. The molecule has 0 saturated heterocycles. The molecule has 4 atom stereocenters. The summed E-state index contributed by atoms with van der Waals surface area (Å²) in [5.74, 6) is 0. The molecule has 6 nitrogen and oxygen atoms in total. The minimum absolute atomic E-state index is 0.343. The molecule has 0 saturated carbocycles. The van der Waals surface area contributed by atoms with Gasteiger partial charge in [-0.15, -0.1) is 0 Å². The molecule has 0 amide bonds. The first-order chi connectivity index (χ1) is 6.62. The van der Waals surface area contributed by atoms with Gasteiger partial charge < -0.3 is 29.9 Å². The lowest BCUT2D eigenvalue weighted by Crippen LogP contribution is -2.48. The van der Waals surface area contributed by atoms with Crippen LogP contribution in [0.4, 0.5) is 0 Å². The maximum absolute atomic E-state index is 9.48. The fourth-order valence-electron chi connectivity index (χ4n) is 1.15. The molecule has 0 bridgehead atoms. The first-order valence-electron chi connectivity index (χ1n) is 4.25. The van der Waals surface area contributed by atoms with Crippen molar-refractivity contribution in [1.29, 1.82) is 0 Å². The van der Waals surface area contributed by atoms with E-state index in [1.807, 2.05) is 0 Å². The average Bonchev–Trinajstić information content (AvgIpc) is 2.23. The van der Waals surface area contributed by atoms with Gasteiger partial charge >= 0.3 is 0 Å². The molecule has 0 aromatic heterocycles. The molecular formula is C8H18O6. The second-order valence-electron chi connectivity index (χ2n) is 2.90. The molecule has 0 radical (unpaired) electrons. The maximum Gasteiger partial charge on any atom is 0.114 e. The van der Waals surface area contributed by atoms with E-state index < -0.39 is 31.0 Å². The Morgan fingerprint density at radius 2 is 1.57 bits per heavy atom. The van der Waals surface area contributed by atoms with Crippen LogP contribution < -0.4 is 0 Å². The minimum atomic E-state index is -1.32. The van der Waals surface area contributed by atoms with Gasteiger partial charge in [-0.2, -0.15) is 0 Å². The number of aliphatic hydroxyl groups is 4. The smallest absolute Gasteiger partial charge is 0.114 e. The topological polar surface area (TPSA) is 99.4 Å². The zero-order chi connectivity index (χ0) is 11.1. The Morgan fingerprint density at radius 1 is 1.00 bits per heavy atom. The molecule has 0 heterocycles. The van der Waals surface area contributed by atoms with E-state index in [0.29, 0.717) is 0 Å². The number of hydrogen-bond donors (Lipinski definition) is 4. The van der Waals surface area contributed by atoms with Gasteiger partial charge in [0, 0.05) is 14.2 Å². The Bertz CT molecular complexity index is 138. The molecule has 0 unspecified atom stereocenters. The minimum Gasteiger partial charge on any atom is -0.394 e. The van der Waals surface area contributed by atoms with E-state index in [2.05, 4.69) is 0 Å². The number of aliphatic hydroxyl groups excluding tert-OH is 4. The van der Waals surface area contributed by atoms with E-state index in [4.69, 9.17) is 24.8 Å². The molecule has 14 heavy (non-hydrogen) atoms. The summed E-state index contributed by atoms with van der Waals surface area (Å²) in [6, 6.07) is 0. The fourth-order valence-corrected chi connectivity index (χ4v) is 1.15. The third-order valence-corrected chi connectivity index (χ3v) is 2.04. The van der Waals surface area contributed by atoms with Gasteiger partial charge in [-0.05, 0) is 0 Å². The molecule has 0 aliphatic carbocycles. The van der Waals surface area contributed by atoms with Crippen LogP contribution in [0.2, 0.25) is 0 Å². The molecule has 86 valence electrons. The van der Waals surface area contributed by atoms with Crippen molar-refractivity contribution < 1.29 is 29.9 Å². The van der Waals surface area contributed by atoms with Crippen LogP contribution >= 0.6 is 0 Å². The van der Waals surface area contributed by atoms with E-state index in [9.17, 15) is 5.11 Å². The van der Waals surface area contributed by atoms with E-state index in [1.165, 1.54) is 14.2 Å². The maximum atomic E-state index is 9.48. The van der Waals surface area contributed by atoms with Gasteiger partial charge in [-0.25, -0.2) is 0 Å². The van der Waals surface area contributed by atoms with Crippen molar-refractivity contribution in [3.63, 3.8) is 0 Å². The predicted molar refractivity (Wildman–Crippen MR) is 47.8 cm³/mol. The monoisotopic (exact) mass is 210 g/mol. The molecule has 0 rings (SSSR count). The number of ether oxygens (including phenoxy) is 2. The summed E-state index contributed by atoms with van der Waals surface area (Å²) in [4.78, 5) is 0. The zero-order valence-electron chi connectivity index (χ0n) is 8.33. The number of methoxy groups -OCH3 is 2. The van der Waals surface area contributed by atoms with Crippen LogP contribution in [0.15, 0.2) is 0 Å². The summed E-state index contributed by atoms with van der Waals surface area (Å²) >= 11 is 0. The van der Waals surface area contributed by atoms with Gasteiger partial charge in [0.25, 0.3) is 0 Å². The highest BCUT2D eigenvalue weighted by Crippen LogP contribution is 2.10. The largest absolute Gasteiger partial charge is 0.394 e. The standard InChI is InChI=1S/C8H18O6/c1-13-6(4-10)8(14-2)7(12)5(11)3-9/h5-12H,3-4H2,1-2H3/t5-,6+,7-,8-/m1/s1. The van der Waals surface area contributed by atoms with Gasteiger partial charge in [0.2, 0.25) is 0 Å². The summed E-state index contributed by atoms with van der Waals surface area (Å²) in [5.41, 5.74) is 0. The molecule has 0 aliphatic heterocycles. The lowest BCUT2D eigenvalue weighted by molar-refractivity contribution is -0.145. The first kappa shape index (κ1) is 13.8. The van der Waals surface area contributed by atoms with Crippen molar-refractivity contribution in [3.05, 3.63) is 0 Å². The van der Waals surface area contributed by atoms with Gasteiger partial charge in [0.05, 0.1) is 13.2 Å². The normalized spacial score (nSPS) is 20.1. The van der Waals surface area contributed by atoms with Crippen LogP contribution in [-0.2, 0) is 9.47 Å². The Labute approximate surface area is 82.7 Å². The average molecular weight is 210 g/mol. The quantitative estimate of drug-likeness (QED) is 0.378. The number of rotatable bonds is 7. The molecular weight excluding hydrogens is 192 g/mol. The predicted octanol–water partition coefficient (Wildman–Crippen LogP) is -2.28. The van der Waals surface area contributed by atoms with E-state index in [-0.39, 0.29) is 6.61 Å². The molecule has 6 heteroatoms. The van der Waals surface area contributed by atoms with Crippen LogP contribution in [-0.4, -0.2) is 72.3 Å². The van der Waals surface area contributed by atoms with Crippen LogP contribution in [0.5, 0.6) is 0 Å². The first-order valence-corrected chi connectivity index (χ1v) is 4.25. The Hall–Kier alpha value is -0.240. The highest BCUT2D eigenvalue weighted by molar-refractivity contribution is 4.82. The van der Waals surface area contributed by atoms with Crippen LogP contribution in [0.3, 0.4) is 0 Å². The Balaban J connectivity index is 4.36. The van der Waals surface area contributed by atoms with Gasteiger partial charge in [-0.1, -0.05) is 0 Å². The number of hydrogen-bond acceptors (Lipinski definition) is 6. The van der Waals surface area contributed by atoms with Crippen LogP contribution in [0.1, 0.15) is 0 Å². The second-order valence-corrected chi connectivity index (χ2v) is 2.90.